The Balaban J connectivity index is 0.00000225. The Morgan fingerprint density at radius 1 is 1.29 bits per heavy atom. The Morgan fingerprint density at radius 2 is 2.11 bits per heavy atom. The van der Waals surface area contributed by atoms with Crippen molar-refractivity contribution in [1.29, 1.82) is 0 Å². The van der Waals surface area contributed by atoms with Gasteiger partial charge in [-0.05, 0) is 50.9 Å². The highest BCUT2D eigenvalue weighted by molar-refractivity contribution is 5.92. The highest BCUT2D eigenvalue weighted by Crippen LogP contribution is 2.22. The molecular formula is C21H26ClN5O. The number of carbonyl (C=O) groups is 1. The minimum Gasteiger partial charge on any atom is -0.352 e. The van der Waals surface area contributed by atoms with E-state index in [4.69, 9.17) is 4.98 Å². The zero-order valence-electron chi connectivity index (χ0n) is 16.3. The molecule has 3 heterocycles. The van der Waals surface area contributed by atoms with Crippen LogP contribution in [0.5, 0.6) is 0 Å². The van der Waals surface area contributed by atoms with Gasteiger partial charge in [0.2, 0.25) is 5.91 Å². The highest BCUT2D eigenvalue weighted by atomic mass is 35.5. The van der Waals surface area contributed by atoms with E-state index in [1.165, 1.54) is 5.57 Å². The van der Waals surface area contributed by atoms with Gasteiger partial charge in [-0.2, -0.15) is 5.10 Å². The maximum Gasteiger partial charge on any atom is 0.220 e. The van der Waals surface area contributed by atoms with Crippen LogP contribution in [-0.4, -0.2) is 40.1 Å². The van der Waals surface area contributed by atoms with Gasteiger partial charge in [0.1, 0.15) is 0 Å². The Bertz CT molecular complexity index is 1040. The second-order valence-electron chi connectivity index (χ2n) is 7.11. The van der Waals surface area contributed by atoms with E-state index in [2.05, 4.69) is 28.7 Å². The molecule has 6 nitrogen and oxygen atoms in total. The molecule has 0 spiro atoms. The number of hydrogen-bond donors (Lipinski definition) is 2. The van der Waals surface area contributed by atoms with Crippen LogP contribution >= 0.6 is 12.4 Å². The first-order valence-corrected chi connectivity index (χ1v) is 9.52. The smallest absolute Gasteiger partial charge is 0.220 e. The molecule has 4 rings (SSSR count). The summed E-state index contributed by atoms with van der Waals surface area (Å²) >= 11 is 0. The quantitative estimate of drug-likeness (QED) is 0.647. The van der Waals surface area contributed by atoms with Gasteiger partial charge >= 0.3 is 0 Å². The lowest BCUT2D eigenvalue weighted by Gasteiger charge is -2.15. The molecule has 0 saturated heterocycles. The van der Waals surface area contributed by atoms with Crippen LogP contribution < -0.4 is 10.6 Å². The van der Waals surface area contributed by atoms with Crippen molar-refractivity contribution in [2.75, 3.05) is 19.6 Å². The summed E-state index contributed by atoms with van der Waals surface area (Å²) in [7, 11) is 0. The summed E-state index contributed by atoms with van der Waals surface area (Å²) in [4.78, 5) is 17.1. The largest absolute Gasteiger partial charge is 0.352 e. The lowest BCUT2D eigenvalue weighted by Crippen LogP contribution is -2.29. The minimum absolute atomic E-state index is 0. The number of amides is 1. The molecule has 1 amide bonds. The van der Waals surface area contributed by atoms with Crippen LogP contribution in [0.4, 0.5) is 0 Å². The van der Waals surface area contributed by atoms with Crippen molar-refractivity contribution >= 4 is 34.9 Å². The topological polar surface area (TPSA) is 71.3 Å². The molecule has 0 aliphatic carbocycles. The molecule has 0 saturated carbocycles. The molecule has 0 bridgehead atoms. The molecule has 7 heteroatoms. The molecule has 3 aromatic rings. The van der Waals surface area contributed by atoms with E-state index in [1.807, 2.05) is 35.7 Å². The Morgan fingerprint density at radius 3 is 2.89 bits per heavy atom. The average Bonchev–Trinajstić information content (AvgIpc) is 3.06. The monoisotopic (exact) mass is 399 g/mol. The molecule has 0 unspecified atom stereocenters. The van der Waals surface area contributed by atoms with Gasteiger partial charge in [-0.1, -0.05) is 23.8 Å². The number of halogens is 1. The van der Waals surface area contributed by atoms with Crippen LogP contribution in [0.25, 0.3) is 16.6 Å². The number of aryl methyl sites for hydroxylation is 2. The van der Waals surface area contributed by atoms with Gasteiger partial charge in [-0.15, -0.1) is 12.4 Å². The van der Waals surface area contributed by atoms with Crippen LogP contribution in [0.2, 0.25) is 0 Å². The van der Waals surface area contributed by atoms with Crippen LogP contribution in [0.3, 0.4) is 0 Å². The first-order valence-electron chi connectivity index (χ1n) is 9.52. The third-order valence-electron chi connectivity index (χ3n) is 5.29. The number of nitrogens with one attached hydrogen (secondary N) is 2. The van der Waals surface area contributed by atoms with Crippen LogP contribution in [-0.2, 0) is 11.2 Å². The fourth-order valence-electron chi connectivity index (χ4n) is 3.71. The van der Waals surface area contributed by atoms with E-state index in [9.17, 15) is 4.79 Å². The van der Waals surface area contributed by atoms with Gasteiger partial charge in [0.25, 0.3) is 0 Å². The molecule has 148 valence electrons. The van der Waals surface area contributed by atoms with Crippen LogP contribution in [0.15, 0.2) is 35.9 Å². The van der Waals surface area contributed by atoms with Gasteiger partial charge < -0.3 is 10.6 Å². The summed E-state index contributed by atoms with van der Waals surface area (Å²) in [5.41, 5.74) is 6.26. The summed E-state index contributed by atoms with van der Waals surface area (Å²) in [5.74, 6) is 0.0824. The van der Waals surface area contributed by atoms with Crippen LogP contribution in [0.1, 0.15) is 29.8 Å². The first kappa shape index (κ1) is 20.3. The molecule has 2 N–H and O–H groups in total. The Kier molecular flexibility index (Phi) is 6.31. The summed E-state index contributed by atoms with van der Waals surface area (Å²) in [5, 5.41) is 12.1. The molecule has 0 atom stereocenters. The summed E-state index contributed by atoms with van der Waals surface area (Å²) in [6.45, 7) is 6.61. The number of aromatic nitrogens is 3. The molecular weight excluding hydrogens is 374 g/mol. The number of hydrogen-bond acceptors (Lipinski definition) is 4. The summed E-state index contributed by atoms with van der Waals surface area (Å²) in [6, 6.07) is 8.04. The van der Waals surface area contributed by atoms with Gasteiger partial charge in [0.15, 0.2) is 5.65 Å². The zero-order chi connectivity index (χ0) is 18.8. The second kappa shape index (κ2) is 8.71. The molecule has 0 radical (unpaired) electrons. The van der Waals surface area contributed by atoms with Gasteiger partial charge in [0, 0.05) is 36.3 Å². The third kappa shape index (κ3) is 4.03. The lowest BCUT2D eigenvalue weighted by atomic mass is 10.1. The molecule has 28 heavy (non-hydrogen) atoms. The van der Waals surface area contributed by atoms with E-state index in [1.54, 1.807) is 0 Å². The number of carbonyl (C=O) groups excluding carboxylic acids is 1. The van der Waals surface area contributed by atoms with Gasteiger partial charge in [-0.3, -0.25) is 4.79 Å². The number of rotatable bonds is 5. The zero-order valence-corrected chi connectivity index (χ0v) is 17.1. The standard InChI is InChI=1S/C21H25N5O.ClH/c1-14-17(7-8-20(27)23-13-16-9-11-22-12-10-16)15(2)26-21(24-14)18-5-3-4-6-19(18)25-26;/h3-6,9,22H,7-8,10-13H2,1-2H3,(H,23,27);1H. The van der Waals surface area contributed by atoms with Crippen molar-refractivity contribution < 1.29 is 4.79 Å². The van der Waals surface area contributed by atoms with E-state index < -0.39 is 0 Å². The average molecular weight is 400 g/mol. The summed E-state index contributed by atoms with van der Waals surface area (Å²) in [6.07, 6.45) is 4.30. The van der Waals surface area contributed by atoms with Crippen molar-refractivity contribution in [2.24, 2.45) is 0 Å². The van der Waals surface area contributed by atoms with Crippen molar-refractivity contribution in [1.82, 2.24) is 25.2 Å². The Hall–Kier alpha value is -2.44. The van der Waals surface area contributed by atoms with Crippen molar-refractivity contribution in [3.05, 3.63) is 52.9 Å². The maximum absolute atomic E-state index is 12.3. The highest BCUT2D eigenvalue weighted by Gasteiger charge is 2.15. The number of nitrogens with zero attached hydrogens (tertiary/aromatic N) is 3. The van der Waals surface area contributed by atoms with Crippen molar-refractivity contribution in [2.45, 2.75) is 33.1 Å². The minimum atomic E-state index is 0. The fraction of sp³-hybridized carbons (Fsp3) is 0.381. The Labute approximate surface area is 170 Å². The van der Waals surface area contributed by atoms with Gasteiger partial charge in [-0.25, -0.2) is 9.50 Å². The normalized spacial score (nSPS) is 14.0. The SMILES string of the molecule is Cc1nc2c3ccccc3nn2c(C)c1CCC(=O)NCC1=CCNCC1.Cl. The van der Waals surface area contributed by atoms with Crippen molar-refractivity contribution in [3.63, 3.8) is 0 Å². The molecule has 1 aliphatic heterocycles. The molecule has 1 aromatic carbocycles. The first-order chi connectivity index (χ1) is 13.1. The van der Waals surface area contributed by atoms with E-state index >= 15 is 0 Å². The molecule has 0 fully saturated rings. The fourth-order valence-corrected chi connectivity index (χ4v) is 3.71. The number of fused-ring (bicyclic) bond motifs is 3. The van der Waals surface area contributed by atoms with E-state index in [-0.39, 0.29) is 18.3 Å². The number of benzene rings is 1. The molecule has 1 aliphatic rings. The maximum atomic E-state index is 12.3. The van der Waals surface area contributed by atoms with Crippen LogP contribution in [0, 0.1) is 13.8 Å². The van der Waals surface area contributed by atoms with Gasteiger partial charge in [0.05, 0.1) is 5.52 Å². The predicted molar refractivity (Wildman–Crippen MR) is 114 cm³/mol. The van der Waals surface area contributed by atoms with E-state index in [0.717, 1.165) is 53.0 Å². The summed E-state index contributed by atoms with van der Waals surface area (Å²) < 4.78 is 1.91. The predicted octanol–water partition coefficient (Wildman–Crippen LogP) is 2.89. The lowest BCUT2D eigenvalue weighted by molar-refractivity contribution is -0.120. The van der Waals surface area contributed by atoms with E-state index in [0.29, 0.717) is 19.4 Å². The van der Waals surface area contributed by atoms with Crippen molar-refractivity contribution in [3.8, 4) is 0 Å². The third-order valence-corrected chi connectivity index (χ3v) is 5.29. The molecule has 2 aromatic heterocycles. The second-order valence-corrected chi connectivity index (χ2v) is 7.11.